The molecular weight excluding hydrogens is 280 g/mol. The molecule has 1 saturated heterocycles. The summed E-state index contributed by atoms with van der Waals surface area (Å²) in [6, 6.07) is 0.0735. The molecule has 21 heavy (non-hydrogen) atoms. The van der Waals surface area contributed by atoms with Crippen LogP contribution < -0.4 is 5.32 Å². The molecule has 0 saturated carbocycles. The summed E-state index contributed by atoms with van der Waals surface area (Å²) < 4.78 is 14.3. The fourth-order valence-corrected chi connectivity index (χ4v) is 1.98. The first kappa shape index (κ1) is 17.4. The zero-order valence-electron chi connectivity index (χ0n) is 12.4. The Bertz CT molecular complexity index is 350. The van der Waals surface area contributed by atoms with E-state index in [-0.39, 0.29) is 31.6 Å². The lowest BCUT2D eigenvalue weighted by molar-refractivity contribution is -0.146. The Labute approximate surface area is 123 Å². The van der Waals surface area contributed by atoms with Gasteiger partial charge in [0.1, 0.15) is 0 Å². The fourth-order valence-electron chi connectivity index (χ4n) is 1.98. The summed E-state index contributed by atoms with van der Waals surface area (Å²) in [5.41, 5.74) is 0. The van der Waals surface area contributed by atoms with E-state index in [1.165, 1.54) is 19.1 Å². The minimum absolute atomic E-state index is 0.0679. The Balaban J connectivity index is 2.46. The monoisotopic (exact) mass is 302 g/mol. The summed E-state index contributed by atoms with van der Waals surface area (Å²) in [5.74, 6) is -1.27. The molecule has 0 aliphatic carbocycles. The van der Waals surface area contributed by atoms with E-state index in [0.29, 0.717) is 13.2 Å². The molecule has 0 aromatic heterocycles. The number of ether oxygens (including phenoxy) is 3. The number of esters is 2. The summed E-state index contributed by atoms with van der Waals surface area (Å²) in [6.07, 6.45) is 1.53. The van der Waals surface area contributed by atoms with Gasteiger partial charge in [0.05, 0.1) is 33.9 Å². The number of amides is 1. The van der Waals surface area contributed by atoms with Crippen molar-refractivity contribution < 1.29 is 28.6 Å². The van der Waals surface area contributed by atoms with E-state index in [1.54, 1.807) is 0 Å². The molecule has 1 N–H and O–H groups in total. The lowest BCUT2D eigenvalue weighted by Gasteiger charge is -2.25. The van der Waals surface area contributed by atoms with Crippen LogP contribution in [0, 0.1) is 0 Å². The normalized spacial score (nSPS) is 15.6. The third-order valence-corrected chi connectivity index (χ3v) is 3.11. The topological polar surface area (TPSA) is 94.2 Å². The first-order valence-corrected chi connectivity index (χ1v) is 6.78. The van der Waals surface area contributed by atoms with Crippen molar-refractivity contribution in [3.63, 3.8) is 0 Å². The Hall–Kier alpha value is -1.67. The molecule has 1 heterocycles. The first-order chi connectivity index (χ1) is 10.0. The third-order valence-electron chi connectivity index (χ3n) is 3.11. The number of nitrogens with one attached hydrogen (secondary N) is 1. The minimum atomic E-state index is -0.516. The van der Waals surface area contributed by atoms with Gasteiger partial charge in [0.2, 0.25) is 5.91 Å². The van der Waals surface area contributed by atoms with Crippen molar-refractivity contribution in [2.24, 2.45) is 0 Å². The highest BCUT2D eigenvalue weighted by Crippen LogP contribution is 2.06. The molecule has 0 atom stereocenters. The van der Waals surface area contributed by atoms with Gasteiger partial charge in [-0.25, -0.2) is 0 Å². The number of hydrogen-bond acceptors (Lipinski definition) is 7. The van der Waals surface area contributed by atoms with Crippen molar-refractivity contribution >= 4 is 17.8 Å². The molecule has 8 nitrogen and oxygen atoms in total. The average molecular weight is 302 g/mol. The maximum absolute atomic E-state index is 12.0. The summed E-state index contributed by atoms with van der Waals surface area (Å²) in [4.78, 5) is 35.9. The van der Waals surface area contributed by atoms with E-state index < -0.39 is 11.9 Å². The molecular formula is C13H22N2O6. The second-order valence-corrected chi connectivity index (χ2v) is 4.75. The molecule has 0 bridgehead atoms. The molecule has 0 aromatic rings. The molecule has 0 spiro atoms. The van der Waals surface area contributed by atoms with E-state index in [1.807, 2.05) is 0 Å². The maximum Gasteiger partial charge on any atom is 0.319 e. The van der Waals surface area contributed by atoms with Crippen LogP contribution >= 0.6 is 0 Å². The number of rotatable bonds is 7. The van der Waals surface area contributed by atoms with Crippen molar-refractivity contribution in [3.8, 4) is 0 Å². The van der Waals surface area contributed by atoms with Crippen molar-refractivity contribution in [1.82, 2.24) is 10.2 Å². The molecule has 1 rings (SSSR count). The van der Waals surface area contributed by atoms with Crippen LogP contribution in [0.1, 0.15) is 12.8 Å². The van der Waals surface area contributed by atoms with Crippen LogP contribution in [0.5, 0.6) is 0 Å². The van der Waals surface area contributed by atoms with Gasteiger partial charge in [-0.3, -0.25) is 19.3 Å². The van der Waals surface area contributed by atoms with Crippen molar-refractivity contribution in [2.45, 2.75) is 18.9 Å². The summed E-state index contributed by atoms with van der Waals surface area (Å²) in [5, 5.41) is 2.87. The third kappa shape index (κ3) is 7.05. The smallest absolute Gasteiger partial charge is 0.319 e. The Morgan fingerprint density at radius 1 is 1.05 bits per heavy atom. The first-order valence-electron chi connectivity index (χ1n) is 6.78. The van der Waals surface area contributed by atoms with Gasteiger partial charge in [-0.2, -0.15) is 0 Å². The maximum atomic E-state index is 12.0. The van der Waals surface area contributed by atoms with E-state index >= 15 is 0 Å². The highest BCUT2D eigenvalue weighted by atomic mass is 16.5. The second-order valence-electron chi connectivity index (χ2n) is 4.75. The van der Waals surface area contributed by atoms with Crippen molar-refractivity contribution in [1.29, 1.82) is 0 Å². The standard InChI is InChI=1S/C13H22N2O6/c1-19-12(17)8-15(9-13(18)20-2)7-11(16)14-10-3-5-21-6-4-10/h10H,3-9H2,1-2H3,(H,14,16). The molecule has 120 valence electrons. The summed E-state index contributed by atoms with van der Waals surface area (Å²) in [6.45, 7) is 0.888. The zero-order chi connectivity index (χ0) is 15.7. The van der Waals surface area contributed by atoms with Gasteiger partial charge in [0.25, 0.3) is 0 Å². The van der Waals surface area contributed by atoms with Crippen molar-refractivity contribution in [2.75, 3.05) is 47.1 Å². The van der Waals surface area contributed by atoms with Crippen LogP contribution in [-0.4, -0.2) is 75.9 Å². The highest BCUT2D eigenvalue weighted by Gasteiger charge is 2.21. The van der Waals surface area contributed by atoms with Crippen LogP contribution in [-0.2, 0) is 28.6 Å². The fraction of sp³-hybridized carbons (Fsp3) is 0.769. The van der Waals surface area contributed by atoms with Gasteiger partial charge in [0.15, 0.2) is 0 Å². The summed E-state index contributed by atoms with van der Waals surface area (Å²) >= 11 is 0. The SMILES string of the molecule is COC(=O)CN(CC(=O)NC1CCOCC1)CC(=O)OC. The molecule has 0 aromatic carbocycles. The van der Waals surface area contributed by atoms with Gasteiger partial charge in [0, 0.05) is 19.3 Å². The highest BCUT2D eigenvalue weighted by molar-refractivity contribution is 5.81. The molecule has 1 amide bonds. The van der Waals surface area contributed by atoms with Gasteiger partial charge >= 0.3 is 11.9 Å². The summed E-state index contributed by atoms with van der Waals surface area (Å²) in [7, 11) is 2.50. The average Bonchev–Trinajstić information content (AvgIpc) is 2.47. The predicted molar refractivity (Wildman–Crippen MR) is 72.5 cm³/mol. The molecule has 1 fully saturated rings. The van der Waals surface area contributed by atoms with Crippen LogP contribution in [0.4, 0.5) is 0 Å². The van der Waals surface area contributed by atoms with Crippen LogP contribution in [0.25, 0.3) is 0 Å². The molecule has 8 heteroatoms. The molecule has 0 unspecified atom stereocenters. The number of nitrogens with zero attached hydrogens (tertiary/aromatic N) is 1. The number of carbonyl (C=O) groups is 3. The largest absolute Gasteiger partial charge is 0.468 e. The van der Waals surface area contributed by atoms with E-state index in [4.69, 9.17) is 4.74 Å². The lowest BCUT2D eigenvalue weighted by Crippen LogP contribution is -2.46. The lowest BCUT2D eigenvalue weighted by atomic mass is 10.1. The number of carbonyl (C=O) groups excluding carboxylic acids is 3. The Kier molecular flexibility index (Phi) is 7.70. The zero-order valence-corrected chi connectivity index (χ0v) is 12.4. The van der Waals surface area contributed by atoms with Gasteiger partial charge in [-0.1, -0.05) is 0 Å². The van der Waals surface area contributed by atoms with Crippen LogP contribution in [0.2, 0.25) is 0 Å². The van der Waals surface area contributed by atoms with E-state index in [2.05, 4.69) is 14.8 Å². The quantitative estimate of drug-likeness (QED) is 0.598. The molecule has 0 radical (unpaired) electrons. The molecule has 1 aliphatic rings. The van der Waals surface area contributed by atoms with Gasteiger partial charge in [-0.05, 0) is 12.8 Å². The Morgan fingerprint density at radius 3 is 2.05 bits per heavy atom. The minimum Gasteiger partial charge on any atom is -0.468 e. The Morgan fingerprint density at radius 2 is 1.57 bits per heavy atom. The predicted octanol–water partition coefficient (Wildman–Crippen LogP) is -1.07. The number of methoxy groups -OCH3 is 2. The van der Waals surface area contributed by atoms with Crippen LogP contribution in [0.3, 0.4) is 0 Å². The molecule has 1 aliphatic heterocycles. The second kappa shape index (κ2) is 9.30. The van der Waals surface area contributed by atoms with Crippen LogP contribution in [0.15, 0.2) is 0 Å². The van der Waals surface area contributed by atoms with Crippen molar-refractivity contribution in [3.05, 3.63) is 0 Å². The number of hydrogen-bond donors (Lipinski definition) is 1. The van der Waals surface area contributed by atoms with E-state index in [0.717, 1.165) is 12.8 Å². The van der Waals surface area contributed by atoms with Gasteiger partial charge in [-0.15, -0.1) is 0 Å². The van der Waals surface area contributed by atoms with E-state index in [9.17, 15) is 14.4 Å². The van der Waals surface area contributed by atoms with Gasteiger partial charge < -0.3 is 19.5 Å².